The van der Waals surface area contributed by atoms with Crippen molar-refractivity contribution in [2.75, 3.05) is 43.5 Å². The Morgan fingerprint density at radius 2 is 1.68 bits per heavy atom. The number of rotatable bonds is 12. The summed E-state index contributed by atoms with van der Waals surface area (Å²) in [7, 11) is 0. The van der Waals surface area contributed by atoms with Crippen molar-refractivity contribution in [3.8, 4) is 11.1 Å². The van der Waals surface area contributed by atoms with Crippen LogP contribution in [0.5, 0.6) is 0 Å². The van der Waals surface area contributed by atoms with E-state index in [2.05, 4.69) is 30.7 Å². The fourth-order valence-electron chi connectivity index (χ4n) is 5.00. The molecule has 3 aromatic rings. The van der Waals surface area contributed by atoms with Crippen LogP contribution < -0.4 is 10.6 Å². The van der Waals surface area contributed by atoms with Crippen LogP contribution in [0.1, 0.15) is 49.8 Å². The third kappa shape index (κ3) is 11.3. The number of nitrogens with zero attached hydrogens (tertiary/aromatic N) is 3. The largest absolute Gasteiger partial charge is 0.478 e. The van der Waals surface area contributed by atoms with Gasteiger partial charge in [0.05, 0.1) is 19.1 Å². The van der Waals surface area contributed by atoms with Crippen molar-refractivity contribution in [1.29, 1.82) is 0 Å². The highest BCUT2D eigenvalue weighted by Gasteiger charge is 2.28. The molecular weight excluding hydrogens is 604 g/mol. The summed E-state index contributed by atoms with van der Waals surface area (Å²) in [5, 5.41) is 28.8. The lowest BCUT2D eigenvalue weighted by atomic mass is 9.86. The van der Waals surface area contributed by atoms with E-state index in [1.54, 1.807) is 18.3 Å². The number of nitrogens with one attached hydrogen (secondary N) is 3. The second kappa shape index (κ2) is 17.0. The van der Waals surface area contributed by atoms with E-state index in [1.165, 1.54) is 12.8 Å². The summed E-state index contributed by atoms with van der Waals surface area (Å²) in [5.41, 5.74) is 3.88. The van der Waals surface area contributed by atoms with E-state index in [-0.39, 0.29) is 23.7 Å². The Morgan fingerprint density at radius 3 is 2.30 bits per heavy atom. The molecule has 47 heavy (non-hydrogen) atoms. The number of hydrogen-bond donors (Lipinski definition) is 5. The lowest BCUT2D eigenvalue weighted by Crippen LogP contribution is -2.36. The second-order valence-corrected chi connectivity index (χ2v) is 11.6. The summed E-state index contributed by atoms with van der Waals surface area (Å²) >= 11 is 0. The van der Waals surface area contributed by atoms with E-state index in [0.29, 0.717) is 29.7 Å². The van der Waals surface area contributed by atoms with Gasteiger partial charge in [0.1, 0.15) is 5.82 Å². The molecule has 1 saturated heterocycles. The first-order valence-electron chi connectivity index (χ1n) is 15.4. The number of carbonyl (C=O) groups is 4. The number of benzene rings is 1. The molecule has 248 valence electrons. The van der Waals surface area contributed by atoms with E-state index < -0.39 is 11.9 Å². The molecule has 5 rings (SSSR count). The van der Waals surface area contributed by atoms with Crippen LogP contribution in [0.25, 0.3) is 11.1 Å². The minimum absolute atomic E-state index is 0.0751. The number of amides is 2. The number of carboxylic acid groups (broad SMARTS) is 2. The number of H-pyrrole nitrogens is 1. The van der Waals surface area contributed by atoms with Crippen LogP contribution in [0.2, 0.25) is 0 Å². The molecule has 2 aliphatic rings. The Balaban J connectivity index is 0.000000555. The number of morpholine rings is 1. The van der Waals surface area contributed by atoms with Crippen molar-refractivity contribution in [2.24, 2.45) is 5.92 Å². The number of carboxylic acids is 2. The monoisotopic (exact) mass is 644 g/mol. The molecule has 0 spiro atoms. The Morgan fingerprint density at radius 1 is 0.957 bits per heavy atom. The van der Waals surface area contributed by atoms with Gasteiger partial charge in [-0.2, -0.15) is 5.10 Å². The summed E-state index contributed by atoms with van der Waals surface area (Å²) in [6.07, 6.45) is 8.60. The summed E-state index contributed by atoms with van der Waals surface area (Å²) in [4.78, 5) is 51.4. The van der Waals surface area contributed by atoms with Crippen molar-refractivity contribution in [2.45, 2.75) is 38.5 Å². The third-order valence-electron chi connectivity index (χ3n) is 7.51. The number of aromatic nitrogens is 3. The highest BCUT2D eigenvalue weighted by molar-refractivity contribution is 5.98. The van der Waals surface area contributed by atoms with Gasteiger partial charge in [-0.05, 0) is 42.0 Å². The number of aliphatic carboxylic acids is 2. The van der Waals surface area contributed by atoms with Crippen LogP contribution >= 0.6 is 0 Å². The number of pyridine rings is 1. The topological polar surface area (TPSA) is 187 Å². The lowest BCUT2D eigenvalue weighted by Gasteiger charge is -2.24. The van der Waals surface area contributed by atoms with Gasteiger partial charge in [-0.1, -0.05) is 44.2 Å². The predicted molar refractivity (Wildman–Crippen MR) is 176 cm³/mol. The summed E-state index contributed by atoms with van der Waals surface area (Å²) in [5.74, 6) is -1.44. The first kappa shape index (κ1) is 34.7. The van der Waals surface area contributed by atoms with Crippen LogP contribution in [0, 0.1) is 5.92 Å². The van der Waals surface area contributed by atoms with E-state index in [1.807, 2.05) is 56.3 Å². The smallest absolute Gasteiger partial charge is 0.328 e. The van der Waals surface area contributed by atoms with Crippen molar-refractivity contribution in [3.05, 3.63) is 84.2 Å². The molecule has 3 heterocycles. The minimum Gasteiger partial charge on any atom is -0.478 e. The second-order valence-electron chi connectivity index (χ2n) is 11.6. The van der Waals surface area contributed by atoms with Gasteiger partial charge in [0, 0.05) is 67.3 Å². The molecule has 1 aliphatic heterocycles. The SMILES string of the molecule is CC(C)C(C(=O)Nc1cc(C2CC2)[nH]n1)c1cccc(-c2ccc(NC(=O)/C=C/CN3CCOCC3)nc2)c1.O=C(O)/C=C/C(=O)O. The predicted octanol–water partition coefficient (Wildman–Crippen LogP) is 4.27. The normalized spacial score (nSPS) is 15.6. The van der Waals surface area contributed by atoms with Crippen molar-refractivity contribution >= 4 is 35.4 Å². The first-order chi connectivity index (χ1) is 22.6. The van der Waals surface area contributed by atoms with Crippen molar-refractivity contribution in [1.82, 2.24) is 20.1 Å². The molecule has 2 amide bonds. The number of carbonyl (C=O) groups excluding carboxylic acids is 2. The number of anilines is 2. The highest BCUT2D eigenvalue weighted by atomic mass is 16.5. The average Bonchev–Trinajstić information content (AvgIpc) is 3.79. The van der Waals surface area contributed by atoms with E-state index in [4.69, 9.17) is 14.9 Å². The Labute approximate surface area is 272 Å². The molecule has 13 heteroatoms. The molecule has 1 aromatic carbocycles. The molecular formula is C34H40N6O7. The third-order valence-corrected chi connectivity index (χ3v) is 7.51. The number of aromatic amines is 1. The van der Waals surface area contributed by atoms with Crippen LogP contribution in [-0.2, 0) is 23.9 Å². The Kier molecular flexibility index (Phi) is 12.5. The molecule has 1 unspecified atom stereocenters. The fraction of sp³-hybridized carbons (Fsp3) is 0.353. The van der Waals surface area contributed by atoms with Crippen LogP contribution in [0.4, 0.5) is 11.6 Å². The summed E-state index contributed by atoms with van der Waals surface area (Å²) in [6.45, 7) is 8.04. The molecule has 1 saturated carbocycles. The maximum absolute atomic E-state index is 13.3. The maximum Gasteiger partial charge on any atom is 0.328 e. The standard InChI is InChI=1S/C30H36N6O3.C4H4O4/c1-20(2)29(30(38)33-27-18-25(34-35-27)21-8-9-21)23-6-3-5-22(17-23)24-10-11-26(31-19-24)32-28(37)7-4-12-36-13-15-39-16-14-36;5-3(6)1-2-4(7)8/h3-7,10-11,17-21,29H,8-9,12-16H2,1-2H3,(H,31,32,37)(H2,33,34,35,38);1-2H,(H,5,6)(H,7,8)/b7-4+;2-1+. The van der Waals surface area contributed by atoms with Crippen LogP contribution in [0.3, 0.4) is 0 Å². The van der Waals surface area contributed by atoms with Gasteiger partial charge in [-0.25, -0.2) is 14.6 Å². The zero-order valence-corrected chi connectivity index (χ0v) is 26.4. The van der Waals surface area contributed by atoms with Gasteiger partial charge in [0.15, 0.2) is 5.82 Å². The molecule has 0 bridgehead atoms. The van der Waals surface area contributed by atoms with E-state index in [9.17, 15) is 19.2 Å². The van der Waals surface area contributed by atoms with E-state index in [0.717, 1.165) is 55.2 Å². The molecule has 2 aromatic heterocycles. The Bertz CT molecular complexity index is 1570. The molecule has 2 fully saturated rings. The van der Waals surface area contributed by atoms with Crippen LogP contribution in [-0.4, -0.2) is 86.9 Å². The van der Waals surface area contributed by atoms with Gasteiger partial charge < -0.3 is 25.6 Å². The quantitative estimate of drug-likeness (QED) is 0.178. The Hall–Kier alpha value is -5.14. The van der Waals surface area contributed by atoms with Gasteiger partial charge in [0.2, 0.25) is 11.8 Å². The maximum atomic E-state index is 13.3. The van der Waals surface area contributed by atoms with Crippen molar-refractivity contribution < 1.29 is 34.1 Å². The van der Waals surface area contributed by atoms with Crippen molar-refractivity contribution in [3.63, 3.8) is 0 Å². The first-order valence-corrected chi connectivity index (χ1v) is 15.4. The fourth-order valence-corrected chi connectivity index (χ4v) is 5.00. The molecule has 1 aliphatic carbocycles. The van der Waals surface area contributed by atoms with E-state index >= 15 is 0 Å². The van der Waals surface area contributed by atoms with Crippen LogP contribution in [0.15, 0.2) is 73.0 Å². The van der Waals surface area contributed by atoms with Gasteiger partial charge >= 0.3 is 11.9 Å². The average molecular weight is 645 g/mol. The molecule has 13 nitrogen and oxygen atoms in total. The minimum atomic E-state index is -1.26. The summed E-state index contributed by atoms with van der Waals surface area (Å²) in [6, 6.07) is 13.6. The van der Waals surface area contributed by atoms with Gasteiger partial charge in [0.25, 0.3) is 0 Å². The zero-order valence-electron chi connectivity index (χ0n) is 26.4. The van der Waals surface area contributed by atoms with Gasteiger partial charge in [-0.3, -0.25) is 19.6 Å². The lowest BCUT2D eigenvalue weighted by molar-refractivity contribution is -0.134. The van der Waals surface area contributed by atoms with Gasteiger partial charge in [-0.15, -0.1) is 0 Å². The zero-order chi connectivity index (χ0) is 33.8. The molecule has 1 atom stereocenters. The number of ether oxygens (including phenoxy) is 1. The molecule has 5 N–H and O–H groups in total. The highest BCUT2D eigenvalue weighted by Crippen LogP contribution is 2.39. The molecule has 0 radical (unpaired) electrons. The number of hydrogen-bond acceptors (Lipinski definition) is 8. The summed E-state index contributed by atoms with van der Waals surface area (Å²) < 4.78 is 5.34.